The molecule has 33 heavy (non-hydrogen) atoms. The summed E-state index contributed by atoms with van der Waals surface area (Å²) in [6.07, 6.45) is 3.43. The second-order valence-electron chi connectivity index (χ2n) is 9.25. The van der Waals surface area contributed by atoms with Gasteiger partial charge in [0.25, 0.3) is 5.91 Å². The van der Waals surface area contributed by atoms with Crippen LogP contribution in [-0.4, -0.2) is 57.0 Å². The summed E-state index contributed by atoms with van der Waals surface area (Å²) in [5.41, 5.74) is 4.69. The molecule has 0 radical (unpaired) electrons. The fourth-order valence-electron chi connectivity index (χ4n) is 5.03. The van der Waals surface area contributed by atoms with Crippen LogP contribution in [0.3, 0.4) is 0 Å². The van der Waals surface area contributed by atoms with E-state index in [1.807, 2.05) is 28.5 Å². The fourth-order valence-corrected chi connectivity index (χ4v) is 5.68. The molecule has 170 valence electrons. The second-order valence-corrected chi connectivity index (χ2v) is 10.2. The van der Waals surface area contributed by atoms with Gasteiger partial charge in [0, 0.05) is 48.3 Å². The number of carbonyl (C=O) groups excluding carboxylic acids is 1. The molecule has 0 bridgehead atoms. The molecule has 1 atom stereocenters. The number of hydrogen-bond donors (Lipinski definition) is 1. The number of thiophene rings is 1. The number of hydrogen-bond acceptors (Lipinski definition) is 6. The Hall–Kier alpha value is -2.97. The van der Waals surface area contributed by atoms with Crippen LogP contribution >= 0.6 is 11.3 Å². The fraction of sp³-hybridized carbons (Fsp3) is 0.400. The highest BCUT2D eigenvalue weighted by Crippen LogP contribution is 2.32. The molecule has 1 aliphatic carbocycles. The summed E-state index contributed by atoms with van der Waals surface area (Å²) < 4.78 is 5.44. The first kappa shape index (κ1) is 20.6. The number of aryl methyl sites for hydroxylation is 1. The Morgan fingerprint density at radius 3 is 2.94 bits per heavy atom. The van der Waals surface area contributed by atoms with E-state index in [0.717, 1.165) is 41.9 Å². The minimum absolute atomic E-state index is 0.119. The Morgan fingerprint density at radius 1 is 1.24 bits per heavy atom. The summed E-state index contributed by atoms with van der Waals surface area (Å²) in [5.74, 6) is 2.08. The highest BCUT2D eigenvalue weighted by atomic mass is 32.1. The first-order chi connectivity index (χ1) is 16.1. The molecule has 2 aliphatic rings. The minimum Gasteiger partial charge on any atom is -0.358 e. The number of rotatable bonds is 4. The molecule has 0 saturated carbocycles. The van der Waals surface area contributed by atoms with Gasteiger partial charge in [0.2, 0.25) is 11.7 Å². The van der Waals surface area contributed by atoms with Gasteiger partial charge in [0.1, 0.15) is 0 Å². The van der Waals surface area contributed by atoms with E-state index < -0.39 is 0 Å². The van der Waals surface area contributed by atoms with Gasteiger partial charge >= 0.3 is 0 Å². The molecule has 6 rings (SSSR count). The molecule has 1 aliphatic heterocycles. The van der Waals surface area contributed by atoms with Crippen LogP contribution in [0.5, 0.6) is 0 Å². The molecule has 1 saturated heterocycles. The SMILES string of the molecule is CC1CCc2[nH]c3ccc(C(=O)N4CCN(Cc5nc(-c6cccs6)no5)CC4)cc3c2C1. The number of aromatic amines is 1. The number of nitrogens with zero attached hydrogens (tertiary/aromatic N) is 4. The van der Waals surface area contributed by atoms with Crippen LogP contribution in [0.25, 0.3) is 21.6 Å². The van der Waals surface area contributed by atoms with Gasteiger partial charge in [-0.3, -0.25) is 9.69 Å². The Balaban J connectivity index is 1.11. The Bertz CT molecular complexity index is 1280. The number of benzene rings is 1. The molecule has 1 aromatic carbocycles. The number of aromatic nitrogens is 3. The zero-order valence-electron chi connectivity index (χ0n) is 18.7. The van der Waals surface area contributed by atoms with Gasteiger partial charge in [-0.15, -0.1) is 11.3 Å². The number of carbonyl (C=O) groups is 1. The van der Waals surface area contributed by atoms with Crippen molar-refractivity contribution in [3.63, 3.8) is 0 Å². The first-order valence-electron chi connectivity index (χ1n) is 11.7. The number of piperazine rings is 1. The van der Waals surface area contributed by atoms with Gasteiger partial charge in [0.15, 0.2) is 0 Å². The predicted molar refractivity (Wildman–Crippen MR) is 128 cm³/mol. The highest BCUT2D eigenvalue weighted by Gasteiger charge is 2.25. The summed E-state index contributed by atoms with van der Waals surface area (Å²) in [5, 5.41) is 7.32. The number of nitrogens with one attached hydrogen (secondary N) is 1. The zero-order valence-corrected chi connectivity index (χ0v) is 19.5. The van der Waals surface area contributed by atoms with Crippen molar-refractivity contribution in [1.82, 2.24) is 24.9 Å². The minimum atomic E-state index is 0.119. The maximum Gasteiger partial charge on any atom is 0.253 e. The maximum atomic E-state index is 13.3. The van der Waals surface area contributed by atoms with Crippen molar-refractivity contribution in [3.8, 4) is 10.7 Å². The third kappa shape index (κ3) is 3.98. The predicted octanol–water partition coefficient (Wildman–Crippen LogP) is 4.36. The van der Waals surface area contributed by atoms with E-state index in [4.69, 9.17) is 4.52 Å². The smallest absolute Gasteiger partial charge is 0.253 e. The van der Waals surface area contributed by atoms with Crippen molar-refractivity contribution in [2.45, 2.75) is 32.7 Å². The molecule has 1 unspecified atom stereocenters. The van der Waals surface area contributed by atoms with Gasteiger partial charge in [-0.25, -0.2) is 0 Å². The van der Waals surface area contributed by atoms with Crippen molar-refractivity contribution in [3.05, 3.63) is 58.4 Å². The van der Waals surface area contributed by atoms with Crippen LogP contribution < -0.4 is 0 Å². The van der Waals surface area contributed by atoms with E-state index in [-0.39, 0.29) is 5.91 Å². The lowest BCUT2D eigenvalue weighted by Gasteiger charge is -2.34. The van der Waals surface area contributed by atoms with Gasteiger partial charge in [-0.2, -0.15) is 4.98 Å². The van der Waals surface area contributed by atoms with E-state index in [2.05, 4.69) is 39.1 Å². The highest BCUT2D eigenvalue weighted by molar-refractivity contribution is 7.13. The number of H-pyrrole nitrogens is 1. The summed E-state index contributed by atoms with van der Waals surface area (Å²) in [6.45, 7) is 5.91. The third-order valence-electron chi connectivity index (χ3n) is 6.91. The van der Waals surface area contributed by atoms with Crippen LogP contribution in [0.4, 0.5) is 0 Å². The normalized spacial score (nSPS) is 19.2. The van der Waals surface area contributed by atoms with E-state index >= 15 is 0 Å². The summed E-state index contributed by atoms with van der Waals surface area (Å²) in [6, 6.07) is 10.1. The van der Waals surface area contributed by atoms with Gasteiger partial charge in [-0.05, 0) is 60.4 Å². The van der Waals surface area contributed by atoms with Crippen molar-refractivity contribution < 1.29 is 9.32 Å². The van der Waals surface area contributed by atoms with Gasteiger partial charge in [0.05, 0.1) is 11.4 Å². The molecule has 4 aromatic rings. The lowest BCUT2D eigenvalue weighted by molar-refractivity contribution is 0.0615. The van der Waals surface area contributed by atoms with E-state index in [1.165, 1.54) is 23.1 Å². The summed E-state index contributed by atoms with van der Waals surface area (Å²) in [4.78, 5) is 26.6. The van der Waals surface area contributed by atoms with Crippen LogP contribution in [0.1, 0.15) is 40.9 Å². The van der Waals surface area contributed by atoms with Crippen molar-refractivity contribution in [1.29, 1.82) is 0 Å². The molecule has 1 fully saturated rings. The third-order valence-corrected chi connectivity index (χ3v) is 7.78. The molecular formula is C25H27N5O2S. The largest absolute Gasteiger partial charge is 0.358 e. The lowest BCUT2D eigenvalue weighted by atomic mass is 9.87. The average Bonchev–Trinajstić information content (AvgIpc) is 3.59. The molecule has 8 heteroatoms. The molecule has 1 amide bonds. The quantitative estimate of drug-likeness (QED) is 0.489. The monoisotopic (exact) mass is 461 g/mol. The van der Waals surface area contributed by atoms with E-state index in [1.54, 1.807) is 11.3 Å². The topological polar surface area (TPSA) is 78.3 Å². The van der Waals surface area contributed by atoms with Crippen LogP contribution in [-0.2, 0) is 19.4 Å². The molecule has 0 spiro atoms. The lowest BCUT2D eigenvalue weighted by Crippen LogP contribution is -2.48. The Labute approximate surface area is 196 Å². The van der Waals surface area contributed by atoms with Crippen LogP contribution in [0, 0.1) is 5.92 Å². The zero-order chi connectivity index (χ0) is 22.4. The molecular weight excluding hydrogens is 434 g/mol. The first-order valence-corrected chi connectivity index (χ1v) is 12.5. The van der Waals surface area contributed by atoms with Gasteiger partial charge < -0.3 is 14.4 Å². The summed E-state index contributed by atoms with van der Waals surface area (Å²) in [7, 11) is 0. The van der Waals surface area contributed by atoms with Gasteiger partial charge in [-0.1, -0.05) is 18.1 Å². The standard InChI is InChI=1S/C25H27N5O2S/c1-16-4-6-20-18(13-16)19-14-17(5-7-21(19)26-20)25(31)30-10-8-29(9-11-30)15-23-27-24(28-32-23)22-3-2-12-33-22/h2-3,5,7,12,14,16,26H,4,6,8-11,13,15H2,1H3. The second kappa shape index (κ2) is 8.43. The van der Waals surface area contributed by atoms with E-state index in [0.29, 0.717) is 37.3 Å². The van der Waals surface area contributed by atoms with Crippen LogP contribution in [0.15, 0.2) is 40.2 Å². The van der Waals surface area contributed by atoms with Crippen molar-refractivity contribution in [2.75, 3.05) is 26.2 Å². The molecule has 4 heterocycles. The molecule has 7 nitrogen and oxygen atoms in total. The molecule has 1 N–H and O–H groups in total. The summed E-state index contributed by atoms with van der Waals surface area (Å²) >= 11 is 1.60. The van der Waals surface area contributed by atoms with Crippen LogP contribution in [0.2, 0.25) is 0 Å². The average molecular weight is 462 g/mol. The molecule has 3 aromatic heterocycles. The van der Waals surface area contributed by atoms with Crippen molar-refractivity contribution >= 4 is 28.1 Å². The van der Waals surface area contributed by atoms with E-state index in [9.17, 15) is 4.79 Å². The maximum absolute atomic E-state index is 13.3. The number of amides is 1. The Morgan fingerprint density at radius 2 is 2.12 bits per heavy atom. The van der Waals surface area contributed by atoms with Crippen molar-refractivity contribution in [2.24, 2.45) is 5.92 Å². The Kier molecular flexibility index (Phi) is 5.27. The number of fused-ring (bicyclic) bond motifs is 3.